The van der Waals surface area contributed by atoms with E-state index in [4.69, 9.17) is 0 Å². The summed E-state index contributed by atoms with van der Waals surface area (Å²) in [5, 5.41) is 0. The van der Waals surface area contributed by atoms with Crippen LogP contribution in [0.25, 0.3) is 0 Å². The van der Waals surface area contributed by atoms with E-state index in [2.05, 4.69) is 37.0 Å². The highest BCUT2D eigenvalue weighted by Gasteiger charge is 2.52. The molecule has 1 unspecified atom stereocenters. The first-order valence-corrected chi connectivity index (χ1v) is 6.53. The standard InChI is InChI=1S/C15H19NO/c1-3-16-13-9-11(2)8-12(13)15(10-17)7-5-4-6-14(15)16/h4,6,9-10,14H,3,5,7-8H2,1-2H3/t14?,15-/m0/s1. The van der Waals surface area contributed by atoms with Gasteiger partial charge in [0.1, 0.15) is 6.29 Å². The SMILES string of the molecule is CCN1C2=C(CC(C)=C2)[C@@]2(C=O)CCC=CC12. The van der Waals surface area contributed by atoms with Crippen LogP contribution in [0.4, 0.5) is 0 Å². The summed E-state index contributed by atoms with van der Waals surface area (Å²) in [6.07, 6.45) is 11.0. The summed E-state index contributed by atoms with van der Waals surface area (Å²) >= 11 is 0. The largest absolute Gasteiger partial charge is 0.364 e. The highest BCUT2D eigenvalue weighted by atomic mass is 16.1. The number of fused-ring (bicyclic) bond motifs is 2. The van der Waals surface area contributed by atoms with Crippen molar-refractivity contribution in [2.24, 2.45) is 5.41 Å². The fraction of sp³-hybridized carbons (Fsp3) is 0.533. The predicted molar refractivity (Wildman–Crippen MR) is 68.4 cm³/mol. The van der Waals surface area contributed by atoms with Gasteiger partial charge in [0, 0.05) is 12.2 Å². The average molecular weight is 229 g/mol. The van der Waals surface area contributed by atoms with Crippen LogP contribution in [0.5, 0.6) is 0 Å². The lowest BCUT2D eigenvalue weighted by molar-refractivity contribution is -0.116. The lowest BCUT2D eigenvalue weighted by Gasteiger charge is -2.38. The normalized spacial score (nSPS) is 34.8. The van der Waals surface area contributed by atoms with Crippen molar-refractivity contribution in [3.8, 4) is 0 Å². The van der Waals surface area contributed by atoms with Crippen LogP contribution < -0.4 is 0 Å². The van der Waals surface area contributed by atoms with Crippen LogP contribution in [0, 0.1) is 5.41 Å². The van der Waals surface area contributed by atoms with E-state index in [1.54, 1.807) is 0 Å². The molecule has 3 rings (SSSR count). The second kappa shape index (κ2) is 3.59. The van der Waals surface area contributed by atoms with Gasteiger partial charge in [-0.1, -0.05) is 17.7 Å². The number of carbonyl (C=O) groups is 1. The molecule has 0 spiro atoms. The molecule has 2 aliphatic carbocycles. The van der Waals surface area contributed by atoms with Gasteiger partial charge < -0.3 is 9.69 Å². The molecule has 0 amide bonds. The van der Waals surface area contributed by atoms with Gasteiger partial charge in [0.2, 0.25) is 0 Å². The van der Waals surface area contributed by atoms with Crippen LogP contribution in [-0.2, 0) is 4.79 Å². The first kappa shape index (κ1) is 10.8. The molecule has 0 aromatic carbocycles. The summed E-state index contributed by atoms with van der Waals surface area (Å²) in [4.78, 5) is 14.2. The Kier molecular flexibility index (Phi) is 2.29. The summed E-state index contributed by atoms with van der Waals surface area (Å²) in [6, 6.07) is 0.271. The van der Waals surface area contributed by atoms with E-state index in [-0.39, 0.29) is 11.5 Å². The Bertz CT molecular complexity index is 458. The number of hydrogen-bond donors (Lipinski definition) is 0. The van der Waals surface area contributed by atoms with Crippen LogP contribution >= 0.6 is 0 Å². The molecular weight excluding hydrogens is 210 g/mol. The topological polar surface area (TPSA) is 20.3 Å². The molecule has 2 nitrogen and oxygen atoms in total. The summed E-state index contributed by atoms with van der Waals surface area (Å²) in [5.41, 5.74) is 3.87. The van der Waals surface area contributed by atoms with E-state index >= 15 is 0 Å². The highest BCUT2D eigenvalue weighted by Crippen LogP contribution is 2.53. The predicted octanol–water partition coefficient (Wildman–Crippen LogP) is 2.83. The number of hydrogen-bond acceptors (Lipinski definition) is 2. The van der Waals surface area contributed by atoms with Crippen LogP contribution in [-0.4, -0.2) is 23.8 Å². The van der Waals surface area contributed by atoms with Crippen LogP contribution in [0.1, 0.15) is 33.1 Å². The monoisotopic (exact) mass is 229 g/mol. The van der Waals surface area contributed by atoms with Crippen LogP contribution in [0.2, 0.25) is 0 Å². The molecule has 0 N–H and O–H groups in total. The van der Waals surface area contributed by atoms with Gasteiger partial charge in [-0.25, -0.2) is 0 Å². The Morgan fingerprint density at radius 3 is 3.12 bits per heavy atom. The summed E-state index contributed by atoms with van der Waals surface area (Å²) in [6.45, 7) is 5.32. The Balaban J connectivity index is 2.13. The van der Waals surface area contributed by atoms with Gasteiger partial charge in [0.25, 0.3) is 0 Å². The molecule has 90 valence electrons. The zero-order chi connectivity index (χ0) is 12.0. The van der Waals surface area contributed by atoms with E-state index in [1.807, 2.05) is 0 Å². The molecule has 17 heavy (non-hydrogen) atoms. The summed E-state index contributed by atoms with van der Waals surface area (Å²) in [5.74, 6) is 0. The Hall–Kier alpha value is -1.31. The lowest BCUT2D eigenvalue weighted by atomic mass is 9.70. The number of allylic oxidation sites excluding steroid dienone is 3. The molecule has 0 radical (unpaired) electrons. The molecular formula is C15H19NO. The van der Waals surface area contributed by atoms with Gasteiger partial charge in [-0.2, -0.15) is 0 Å². The first-order chi connectivity index (χ1) is 8.23. The maximum absolute atomic E-state index is 11.8. The number of carbonyl (C=O) groups excluding carboxylic acids is 1. The molecule has 0 saturated heterocycles. The molecule has 0 aromatic rings. The molecule has 3 aliphatic rings. The number of likely N-dealkylation sites (N-methyl/N-ethyl adjacent to an activating group) is 1. The molecule has 1 heterocycles. The van der Waals surface area contributed by atoms with Gasteiger partial charge in [-0.15, -0.1) is 0 Å². The molecule has 2 heteroatoms. The fourth-order valence-corrected chi connectivity index (χ4v) is 3.70. The maximum atomic E-state index is 11.8. The van der Waals surface area contributed by atoms with Crippen molar-refractivity contribution < 1.29 is 4.79 Å². The smallest absolute Gasteiger partial charge is 0.132 e. The number of nitrogens with zero attached hydrogens (tertiary/aromatic N) is 1. The minimum atomic E-state index is -0.228. The molecule has 0 saturated carbocycles. The molecule has 0 aromatic heterocycles. The van der Waals surface area contributed by atoms with Crippen molar-refractivity contribution in [3.63, 3.8) is 0 Å². The number of aldehydes is 1. The van der Waals surface area contributed by atoms with Crippen LogP contribution in [0.15, 0.2) is 35.1 Å². The zero-order valence-corrected chi connectivity index (χ0v) is 10.6. The van der Waals surface area contributed by atoms with Crippen LogP contribution in [0.3, 0.4) is 0 Å². The first-order valence-electron chi connectivity index (χ1n) is 6.53. The Morgan fingerprint density at radius 1 is 1.59 bits per heavy atom. The van der Waals surface area contributed by atoms with Gasteiger partial charge in [0.15, 0.2) is 0 Å². The molecule has 1 aliphatic heterocycles. The average Bonchev–Trinajstić information content (AvgIpc) is 2.83. The second-order valence-corrected chi connectivity index (χ2v) is 5.39. The quantitative estimate of drug-likeness (QED) is 0.536. The summed E-state index contributed by atoms with van der Waals surface area (Å²) in [7, 11) is 0. The van der Waals surface area contributed by atoms with Crippen molar-refractivity contribution >= 4 is 6.29 Å². The van der Waals surface area contributed by atoms with E-state index in [1.165, 1.54) is 23.1 Å². The van der Waals surface area contributed by atoms with Gasteiger partial charge >= 0.3 is 0 Å². The van der Waals surface area contributed by atoms with E-state index in [0.717, 1.165) is 25.8 Å². The third-order valence-electron chi connectivity index (χ3n) is 4.48. The van der Waals surface area contributed by atoms with E-state index < -0.39 is 0 Å². The Morgan fingerprint density at radius 2 is 2.41 bits per heavy atom. The number of rotatable bonds is 2. The highest BCUT2D eigenvalue weighted by molar-refractivity contribution is 5.73. The molecule has 2 atom stereocenters. The second-order valence-electron chi connectivity index (χ2n) is 5.39. The van der Waals surface area contributed by atoms with Crippen molar-refractivity contribution in [1.82, 2.24) is 4.90 Å². The third-order valence-corrected chi connectivity index (χ3v) is 4.48. The Labute approximate surface area is 103 Å². The molecule has 0 bridgehead atoms. The van der Waals surface area contributed by atoms with Gasteiger partial charge in [-0.3, -0.25) is 0 Å². The molecule has 0 fully saturated rings. The van der Waals surface area contributed by atoms with Crippen molar-refractivity contribution in [1.29, 1.82) is 0 Å². The third kappa shape index (κ3) is 1.24. The minimum absolute atomic E-state index is 0.228. The van der Waals surface area contributed by atoms with Crippen molar-refractivity contribution in [2.45, 2.75) is 39.2 Å². The minimum Gasteiger partial charge on any atom is -0.364 e. The maximum Gasteiger partial charge on any atom is 0.132 e. The van der Waals surface area contributed by atoms with Gasteiger partial charge in [-0.05, 0) is 44.8 Å². The van der Waals surface area contributed by atoms with E-state index in [0.29, 0.717) is 0 Å². The van der Waals surface area contributed by atoms with Crippen molar-refractivity contribution in [3.05, 3.63) is 35.1 Å². The van der Waals surface area contributed by atoms with E-state index in [9.17, 15) is 4.79 Å². The van der Waals surface area contributed by atoms with Gasteiger partial charge in [0.05, 0.1) is 11.5 Å². The van der Waals surface area contributed by atoms with Crippen molar-refractivity contribution in [2.75, 3.05) is 6.54 Å². The lowest BCUT2D eigenvalue weighted by Crippen LogP contribution is -2.43. The summed E-state index contributed by atoms with van der Waals surface area (Å²) < 4.78 is 0. The fourth-order valence-electron chi connectivity index (χ4n) is 3.70. The zero-order valence-electron chi connectivity index (χ0n) is 10.6.